The van der Waals surface area contributed by atoms with Crippen molar-refractivity contribution in [3.8, 4) is 17.3 Å². The molecular formula is C25H24Cl2N8O3. The molecule has 13 heteroatoms. The van der Waals surface area contributed by atoms with Crippen LogP contribution in [0.25, 0.3) is 11.4 Å². The number of nitrogen functional groups attached to an aromatic ring is 1. The fourth-order valence-electron chi connectivity index (χ4n) is 4.63. The number of benzene rings is 1. The minimum absolute atomic E-state index is 0.0494. The first-order valence-electron chi connectivity index (χ1n) is 11.6. The predicted molar refractivity (Wildman–Crippen MR) is 146 cm³/mol. The van der Waals surface area contributed by atoms with Crippen molar-refractivity contribution in [2.45, 2.75) is 25.9 Å². The SMILES string of the molecule is COc1nc(N)ncc1-c1nc2c(n1C(C)C)C(c1ccc(Cl)cc1)N(c1cc(Cl)cn(C)c1=O)C(=O)N2. The average molecular weight is 555 g/mol. The Morgan fingerprint density at radius 2 is 1.82 bits per heavy atom. The molecule has 0 fully saturated rings. The van der Waals surface area contributed by atoms with Gasteiger partial charge in [0.1, 0.15) is 17.6 Å². The number of nitrogens with two attached hydrogens (primary N) is 1. The molecule has 3 N–H and O–H groups in total. The normalized spacial score (nSPS) is 15.0. The molecule has 2 amide bonds. The molecule has 0 spiro atoms. The number of amides is 2. The summed E-state index contributed by atoms with van der Waals surface area (Å²) in [5.74, 6) is 1.07. The Labute approximate surface area is 227 Å². The number of nitrogens with one attached hydrogen (secondary N) is 1. The van der Waals surface area contributed by atoms with E-state index >= 15 is 0 Å². The number of hydrogen-bond donors (Lipinski definition) is 2. The highest BCUT2D eigenvalue weighted by Gasteiger charge is 2.41. The van der Waals surface area contributed by atoms with Crippen LogP contribution in [-0.4, -0.2) is 37.2 Å². The molecule has 196 valence electrons. The Morgan fingerprint density at radius 3 is 2.47 bits per heavy atom. The number of ether oxygens (including phenoxy) is 1. The molecule has 4 aromatic rings. The Bertz CT molecular complexity index is 1610. The van der Waals surface area contributed by atoms with Gasteiger partial charge in [0.15, 0.2) is 5.82 Å². The molecule has 0 bridgehead atoms. The number of halogens is 2. The van der Waals surface area contributed by atoms with E-state index in [-0.39, 0.29) is 23.6 Å². The zero-order valence-electron chi connectivity index (χ0n) is 20.9. The van der Waals surface area contributed by atoms with Crippen LogP contribution in [-0.2, 0) is 7.05 Å². The van der Waals surface area contributed by atoms with Crippen LogP contribution >= 0.6 is 23.2 Å². The number of aryl methyl sites for hydroxylation is 1. The molecule has 1 unspecified atom stereocenters. The molecule has 4 heterocycles. The summed E-state index contributed by atoms with van der Waals surface area (Å²) in [6.45, 7) is 3.96. The fourth-order valence-corrected chi connectivity index (χ4v) is 5.00. The van der Waals surface area contributed by atoms with Gasteiger partial charge in [0.2, 0.25) is 11.8 Å². The molecule has 5 rings (SSSR count). The second-order valence-electron chi connectivity index (χ2n) is 9.00. The van der Waals surface area contributed by atoms with Crippen LogP contribution in [0.2, 0.25) is 10.0 Å². The lowest BCUT2D eigenvalue weighted by atomic mass is 9.99. The summed E-state index contributed by atoms with van der Waals surface area (Å²) in [6, 6.07) is 7.10. The zero-order valence-corrected chi connectivity index (χ0v) is 22.4. The second kappa shape index (κ2) is 9.66. The molecule has 0 aliphatic carbocycles. The highest BCUT2D eigenvalue weighted by Crippen LogP contribution is 2.44. The van der Waals surface area contributed by atoms with Crippen LogP contribution in [0.3, 0.4) is 0 Å². The smallest absolute Gasteiger partial charge is 0.328 e. The highest BCUT2D eigenvalue weighted by molar-refractivity contribution is 6.31. The van der Waals surface area contributed by atoms with Crippen molar-refractivity contribution >= 4 is 46.7 Å². The minimum Gasteiger partial charge on any atom is -0.480 e. The van der Waals surface area contributed by atoms with Crippen molar-refractivity contribution in [2.75, 3.05) is 23.1 Å². The number of anilines is 3. The van der Waals surface area contributed by atoms with Crippen LogP contribution < -0.4 is 26.2 Å². The number of urea groups is 1. The molecular weight excluding hydrogens is 531 g/mol. The topological polar surface area (TPSA) is 133 Å². The molecule has 1 atom stereocenters. The number of hydrogen-bond acceptors (Lipinski definition) is 7. The lowest BCUT2D eigenvalue weighted by Gasteiger charge is -2.37. The number of rotatable bonds is 5. The number of fused-ring (bicyclic) bond motifs is 1. The first-order valence-corrected chi connectivity index (χ1v) is 12.4. The largest absolute Gasteiger partial charge is 0.480 e. The molecule has 38 heavy (non-hydrogen) atoms. The van der Waals surface area contributed by atoms with E-state index in [0.717, 1.165) is 0 Å². The van der Waals surface area contributed by atoms with Crippen LogP contribution in [0.1, 0.15) is 37.2 Å². The zero-order chi connectivity index (χ0) is 27.3. The predicted octanol–water partition coefficient (Wildman–Crippen LogP) is 4.66. The van der Waals surface area contributed by atoms with E-state index in [1.165, 1.54) is 35.0 Å². The quantitative estimate of drug-likeness (QED) is 0.366. The van der Waals surface area contributed by atoms with Gasteiger partial charge >= 0.3 is 6.03 Å². The third-order valence-corrected chi connectivity index (χ3v) is 6.67. The third-order valence-electron chi connectivity index (χ3n) is 6.21. The van der Waals surface area contributed by atoms with Gasteiger partial charge in [-0.15, -0.1) is 0 Å². The summed E-state index contributed by atoms with van der Waals surface area (Å²) >= 11 is 12.5. The number of carbonyl (C=O) groups is 1. The Morgan fingerprint density at radius 1 is 1.11 bits per heavy atom. The summed E-state index contributed by atoms with van der Waals surface area (Å²) in [4.78, 5) is 41.4. The van der Waals surface area contributed by atoms with Crippen molar-refractivity contribution in [3.63, 3.8) is 0 Å². The Kier molecular flexibility index (Phi) is 6.49. The standard InChI is InChI=1S/C25H24Cl2N8O3/c1-12(2)34-19-18(13-5-7-14(26)8-6-13)35(17-9-15(27)11-33(3)23(17)36)25(37)31-20(19)30-21(34)16-10-29-24(28)32-22(16)38-4/h5-12,18H,1-4H3,(H,31,37)(H2,28,29,32). The number of imidazole rings is 1. The van der Waals surface area contributed by atoms with Crippen molar-refractivity contribution in [2.24, 2.45) is 7.05 Å². The van der Waals surface area contributed by atoms with Crippen LogP contribution in [0.4, 0.5) is 22.2 Å². The molecule has 0 saturated heterocycles. The summed E-state index contributed by atoms with van der Waals surface area (Å²) in [5.41, 5.74) is 7.33. The molecule has 11 nitrogen and oxygen atoms in total. The Hall–Kier alpha value is -4.09. The van der Waals surface area contributed by atoms with Gasteiger partial charge in [0, 0.05) is 30.5 Å². The van der Waals surface area contributed by atoms with Crippen molar-refractivity contribution < 1.29 is 9.53 Å². The molecule has 1 aliphatic heterocycles. The van der Waals surface area contributed by atoms with E-state index < -0.39 is 17.6 Å². The first-order chi connectivity index (χ1) is 18.1. The number of methoxy groups -OCH3 is 1. The monoisotopic (exact) mass is 554 g/mol. The molecule has 1 aliphatic rings. The van der Waals surface area contributed by atoms with Gasteiger partial charge in [-0.1, -0.05) is 35.3 Å². The van der Waals surface area contributed by atoms with E-state index in [1.807, 2.05) is 30.5 Å². The van der Waals surface area contributed by atoms with Gasteiger partial charge in [-0.05, 0) is 37.6 Å². The number of pyridine rings is 1. The van der Waals surface area contributed by atoms with Crippen molar-refractivity contribution in [1.82, 2.24) is 24.1 Å². The lowest BCUT2D eigenvalue weighted by Crippen LogP contribution is -2.46. The summed E-state index contributed by atoms with van der Waals surface area (Å²) in [7, 11) is 3.05. The Balaban J connectivity index is 1.84. The van der Waals surface area contributed by atoms with Crippen molar-refractivity contribution in [1.29, 1.82) is 0 Å². The summed E-state index contributed by atoms with van der Waals surface area (Å²) in [6.07, 6.45) is 3.01. The fraction of sp³-hybridized carbons (Fsp3) is 0.240. The van der Waals surface area contributed by atoms with Gasteiger partial charge in [0.05, 0.1) is 23.4 Å². The van der Waals surface area contributed by atoms with E-state index in [4.69, 9.17) is 38.7 Å². The molecule has 3 aromatic heterocycles. The minimum atomic E-state index is -0.758. The van der Waals surface area contributed by atoms with Gasteiger partial charge in [-0.2, -0.15) is 4.98 Å². The maximum absolute atomic E-state index is 13.7. The summed E-state index contributed by atoms with van der Waals surface area (Å²) < 4.78 is 8.76. The van der Waals surface area contributed by atoms with E-state index in [1.54, 1.807) is 19.2 Å². The number of nitrogens with zero attached hydrogens (tertiary/aromatic N) is 6. The number of aromatic nitrogens is 5. The highest BCUT2D eigenvalue weighted by atomic mass is 35.5. The van der Waals surface area contributed by atoms with Crippen molar-refractivity contribution in [3.05, 3.63) is 74.4 Å². The van der Waals surface area contributed by atoms with Gasteiger partial charge in [-0.25, -0.2) is 14.8 Å². The summed E-state index contributed by atoms with van der Waals surface area (Å²) in [5, 5.41) is 3.68. The van der Waals surface area contributed by atoms with E-state index in [9.17, 15) is 9.59 Å². The lowest BCUT2D eigenvalue weighted by molar-refractivity contribution is 0.254. The van der Waals surface area contributed by atoms with E-state index in [2.05, 4.69) is 15.3 Å². The second-order valence-corrected chi connectivity index (χ2v) is 9.87. The average Bonchev–Trinajstić information content (AvgIpc) is 3.25. The maximum atomic E-state index is 13.7. The van der Waals surface area contributed by atoms with Crippen LogP contribution in [0.15, 0.2) is 47.5 Å². The van der Waals surface area contributed by atoms with Gasteiger partial charge in [0.25, 0.3) is 5.56 Å². The van der Waals surface area contributed by atoms with Crippen LogP contribution in [0.5, 0.6) is 5.88 Å². The molecule has 0 radical (unpaired) electrons. The molecule has 0 saturated carbocycles. The van der Waals surface area contributed by atoms with Gasteiger partial charge < -0.3 is 19.6 Å². The first kappa shape index (κ1) is 25.6. The third kappa shape index (κ3) is 4.23. The van der Waals surface area contributed by atoms with Gasteiger partial charge in [-0.3, -0.25) is 15.0 Å². The number of carbonyl (C=O) groups excluding carboxylic acids is 1. The molecule has 1 aromatic carbocycles. The van der Waals surface area contributed by atoms with Crippen LogP contribution in [0, 0.1) is 0 Å². The van der Waals surface area contributed by atoms with E-state index in [0.29, 0.717) is 38.5 Å². The maximum Gasteiger partial charge on any atom is 0.328 e.